The number of hydrogen-bond donors (Lipinski definition) is 0. The van der Waals surface area contributed by atoms with E-state index in [2.05, 4.69) is 4.98 Å². The third-order valence-corrected chi connectivity index (χ3v) is 2.91. The number of nitrogens with zero attached hydrogens (tertiary/aromatic N) is 1. The summed E-state index contributed by atoms with van der Waals surface area (Å²) in [5.41, 5.74) is 0.401. The molecule has 5 heteroatoms. The minimum atomic E-state index is -0.566. The van der Waals surface area contributed by atoms with Crippen molar-refractivity contribution in [2.45, 2.75) is 0 Å². The number of ether oxygens (including phenoxy) is 1. The molecule has 0 bridgehead atoms. The van der Waals surface area contributed by atoms with Crippen LogP contribution in [0, 0.1) is 5.82 Å². The SMILES string of the molecule is COc1cccc(-c2cc3ccc(F)cc3oc2=O)n1. The van der Waals surface area contributed by atoms with Crippen LogP contribution in [0.5, 0.6) is 5.88 Å². The first-order chi connectivity index (χ1) is 9.67. The number of methoxy groups -OCH3 is 1. The topological polar surface area (TPSA) is 52.3 Å². The maximum absolute atomic E-state index is 13.1. The third-order valence-electron chi connectivity index (χ3n) is 2.91. The summed E-state index contributed by atoms with van der Waals surface area (Å²) < 4.78 is 23.3. The monoisotopic (exact) mass is 271 g/mol. The highest BCUT2D eigenvalue weighted by molar-refractivity contribution is 5.80. The molecule has 0 aliphatic heterocycles. The number of hydrogen-bond acceptors (Lipinski definition) is 4. The van der Waals surface area contributed by atoms with Gasteiger partial charge in [0.15, 0.2) is 0 Å². The Labute approximate surface area is 113 Å². The van der Waals surface area contributed by atoms with Crippen molar-refractivity contribution in [3.05, 3.63) is 58.7 Å². The summed E-state index contributed by atoms with van der Waals surface area (Å²) in [6.45, 7) is 0. The first kappa shape index (κ1) is 12.3. The Morgan fingerprint density at radius 3 is 2.85 bits per heavy atom. The number of pyridine rings is 1. The molecular formula is C15H10FNO3. The summed E-state index contributed by atoms with van der Waals surface area (Å²) in [7, 11) is 1.50. The van der Waals surface area contributed by atoms with Gasteiger partial charge < -0.3 is 9.15 Å². The predicted octanol–water partition coefficient (Wildman–Crippen LogP) is 3.00. The summed E-state index contributed by atoms with van der Waals surface area (Å²) in [4.78, 5) is 16.2. The maximum atomic E-state index is 13.1. The van der Waals surface area contributed by atoms with E-state index in [1.807, 2.05) is 0 Å². The van der Waals surface area contributed by atoms with E-state index in [-0.39, 0.29) is 5.58 Å². The summed E-state index contributed by atoms with van der Waals surface area (Å²) >= 11 is 0. The average Bonchev–Trinajstić information content (AvgIpc) is 2.46. The van der Waals surface area contributed by atoms with Crippen LogP contribution in [0.2, 0.25) is 0 Å². The molecule has 2 aromatic heterocycles. The van der Waals surface area contributed by atoms with E-state index in [4.69, 9.17) is 9.15 Å². The van der Waals surface area contributed by atoms with Gasteiger partial charge in [0.2, 0.25) is 5.88 Å². The highest BCUT2D eigenvalue weighted by atomic mass is 19.1. The Balaban J connectivity index is 2.23. The van der Waals surface area contributed by atoms with Crippen LogP contribution in [-0.2, 0) is 0 Å². The van der Waals surface area contributed by atoms with E-state index >= 15 is 0 Å². The molecule has 2 heterocycles. The smallest absolute Gasteiger partial charge is 0.345 e. The molecule has 0 amide bonds. The minimum absolute atomic E-state index is 0.210. The summed E-state index contributed by atoms with van der Waals surface area (Å²) in [6, 6.07) is 10.8. The van der Waals surface area contributed by atoms with E-state index in [1.165, 1.54) is 19.2 Å². The van der Waals surface area contributed by atoms with Crippen LogP contribution in [-0.4, -0.2) is 12.1 Å². The Hall–Kier alpha value is -2.69. The first-order valence-corrected chi connectivity index (χ1v) is 5.92. The zero-order valence-electron chi connectivity index (χ0n) is 10.6. The summed E-state index contributed by atoms with van der Waals surface area (Å²) in [5, 5.41) is 0.630. The molecule has 3 rings (SSSR count). The minimum Gasteiger partial charge on any atom is -0.481 e. The molecule has 0 aliphatic rings. The molecule has 0 fully saturated rings. The molecule has 4 nitrogen and oxygen atoms in total. The fraction of sp³-hybridized carbons (Fsp3) is 0.0667. The van der Waals surface area contributed by atoms with Crippen molar-refractivity contribution in [3.8, 4) is 17.1 Å². The largest absolute Gasteiger partial charge is 0.481 e. The second-order valence-electron chi connectivity index (χ2n) is 4.19. The van der Waals surface area contributed by atoms with Gasteiger partial charge in [-0.2, -0.15) is 0 Å². The van der Waals surface area contributed by atoms with Gasteiger partial charge in [-0.05, 0) is 24.3 Å². The van der Waals surface area contributed by atoms with E-state index in [0.29, 0.717) is 22.5 Å². The van der Waals surface area contributed by atoms with Crippen molar-refractivity contribution in [1.82, 2.24) is 4.98 Å². The van der Waals surface area contributed by atoms with Gasteiger partial charge in [-0.15, -0.1) is 0 Å². The van der Waals surface area contributed by atoms with Crippen LogP contribution in [0.25, 0.3) is 22.2 Å². The van der Waals surface area contributed by atoms with Gasteiger partial charge in [-0.1, -0.05) is 6.07 Å². The van der Waals surface area contributed by atoms with Gasteiger partial charge in [0.05, 0.1) is 18.4 Å². The normalized spacial score (nSPS) is 10.7. The van der Waals surface area contributed by atoms with Crippen molar-refractivity contribution in [2.24, 2.45) is 0 Å². The lowest BCUT2D eigenvalue weighted by Gasteiger charge is -2.04. The van der Waals surface area contributed by atoms with Crippen molar-refractivity contribution in [1.29, 1.82) is 0 Å². The molecule has 0 saturated heterocycles. The van der Waals surface area contributed by atoms with E-state index in [0.717, 1.165) is 0 Å². The van der Waals surface area contributed by atoms with Crippen LogP contribution in [0.1, 0.15) is 0 Å². The standard InChI is InChI=1S/C15H10FNO3/c1-19-14-4-2-3-12(17-14)11-7-9-5-6-10(16)8-13(9)20-15(11)18/h2-8H,1H3. The van der Waals surface area contributed by atoms with E-state index in [9.17, 15) is 9.18 Å². The van der Waals surface area contributed by atoms with Crippen molar-refractivity contribution < 1.29 is 13.5 Å². The Morgan fingerprint density at radius 1 is 1.20 bits per heavy atom. The van der Waals surface area contributed by atoms with Crippen molar-refractivity contribution in [3.63, 3.8) is 0 Å². The van der Waals surface area contributed by atoms with Gasteiger partial charge in [0.1, 0.15) is 11.4 Å². The second-order valence-corrected chi connectivity index (χ2v) is 4.19. The third kappa shape index (κ3) is 2.14. The molecule has 0 spiro atoms. The molecule has 3 aromatic rings. The molecule has 0 unspecified atom stereocenters. The molecule has 1 aromatic carbocycles. The van der Waals surface area contributed by atoms with Gasteiger partial charge in [-0.25, -0.2) is 14.2 Å². The first-order valence-electron chi connectivity index (χ1n) is 5.92. The quantitative estimate of drug-likeness (QED) is 0.672. The van der Waals surface area contributed by atoms with Gasteiger partial charge >= 0.3 is 5.63 Å². The zero-order chi connectivity index (χ0) is 14.1. The molecule has 0 aliphatic carbocycles. The highest BCUT2D eigenvalue weighted by Gasteiger charge is 2.10. The van der Waals surface area contributed by atoms with Gasteiger partial charge in [-0.3, -0.25) is 0 Å². The van der Waals surface area contributed by atoms with Crippen molar-refractivity contribution in [2.75, 3.05) is 7.11 Å². The Kier molecular flexibility index (Phi) is 2.95. The van der Waals surface area contributed by atoms with E-state index < -0.39 is 11.4 Å². The van der Waals surface area contributed by atoms with E-state index in [1.54, 1.807) is 30.3 Å². The lowest BCUT2D eigenvalue weighted by molar-refractivity contribution is 0.398. The molecule has 100 valence electrons. The number of aromatic nitrogens is 1. The van der Waals surface area contributed by atoms with Crippen LogP contribution in [0.3, 0.4) is 0 Å². The van der Waals surface area contributed by atoms with Crippen LogP contribution in [0.4, 0.5) is 4.39 Å². The fourth-order valence-electron chi connectivity index (χ4n) is 1.94. The summed E-state index contributed by atoms with van der Waals surface area (Å²) in [6.07, 6.45) is 0. The lowest BCUT2D eigenvalue weighted by Crippen LogP contribution is -2.04. The van der Waals surface area contributed by atoms with Crippen LogP contribution >= 0.6 is 0 Å². The zero-order valence-corrected chi connectivity index (χ0v) is 10.6. The number of rotatable bonds is 2. The number of fused-ring (bicyclic) bond motifs is 1. The molecule has 20 heavy (non-hydrogen) atoms. The van der Waals surface area contributed by atoms with Gasteiger partial charge in [0.25, 0.3) is 0 Å². The fourth-order valence-corrected chi connectivity index (χ4v) is 1.94. The molecule has 0 saturated carbocycles. The predicted molar refractivity (Wildman–Crippen MR) is 72.2 cm³/mol. The number of halogens is 1. The number of benzene rings is 1. The Bertz CT molecular complexity index is 842. The second kappa shape index (κ2) is 4.77. The van der Waals surface area contributed by atoms with Crippen molar-refractivity contribution >= 4 is 11.0 Å². The highest BCUT2D eigenvalue weighted by Crippen LogP contribution is 2.21. The van der Waals surface area contributed by atoms with Crippen LogP contribution < -0.4 is 10.4 Å². The van der Waals surface area contributed by atoms with Crippen LogP contribution in [0.15, 0.2) is 51.7 Å². The molecule has 0 radical (unpaired) electrons. The average molecular weight is 271 g/mol. The lowest BCUT2D eigenvalue weighted by atomic mass is 10.1. The molecular weight excluding hydrogens is 261 g/mol. The van der Waals surface area contributed by atoms with Gasteiger partial charge in [0, 0.05) is 17.5 Å². The summed E-state index contributed by atoms with van der Waals surface area (Å²) in [5.74, 6) is -0.0472. The molecule has 0 N–H and O–H groups in total. The Morgan fingerprint density at radius 2 is 2.05 bits per heavy atom. The maximum Gasteiger partial charge on any atom is 0.345 e. The molecule has 0 atom stereocenters.